The van der Waals surface area contributed by atoms with E-state index in [9.17, 15) is 0 Å². The summed E-state index contributed by atoms with van der Waals surface area (Å²) >= 11 is 6.01. The van der Waals surface area contributed by atoms with Gasteiger partial charge in [0.2, 0.25) is 5.28 Å². The minimum absolute atomic E-state index is 0.186. The quantitative estimate of drug-likeness (QED) is 0.733. The van der Waals surface area contributed by atoms with Crippen molar-refractivity contribution in [3.8, 4) is 0 Å². The minimum atomic E-state index is 0.186. The Bertz CT molecular complexity index is 315. The van der Waals surface area contributed by atoms with Crippen molar-refractivity contribution >= 4 is 11.6 Å². The lowest BCUT2D eigenvalue weighted by Crippen LogP contribution is -2.38. The maximum Gasteiger partial charge on any atom is 0.225 e. The van der Waals surface area contributed by atoms with Crippen LogP contribution in [0.5, 0.6) is 0 Å². The van der Waals surface area contributed by atoms with Crippen LogP contribution < -0.4 is 0 Å². The number of hydrogen-bond donors (Lipinski definition) is 0. The van der Waals surface area contributed by atoms with Crippen LogP contribution in [-0.4, -0.2) is 14.8 Å². The molecule has 0 atom stereocenters. The molecule has 0 N–H and O–H groups in total. The third-order valence-electron chi connectivity index (χ3n) is 2.98. The first-order valence-corrected chi connectivity index (χ1v) is 5.15. The molecule has 2 rings (SSSR count). The molecule has 13 heavy (non-hydrogen) atoms. The highest BCUT2D eigenvalue weighted by Crippen LogP contribution is 2.40. The Balaban J connectivity index is 2.42. The van der Waals surface area contributed by atoms with Gasteiger partial charge < -0.3 is 0 Å². The van der Waals surface area contributed by atoms with Crippen LogP contribution in [0.1, 0.15) is 38.9 Å². The fraction of sp³-hybridized carbons (Fsp3) is 0.778. The Morgan fingerprint density at radius 2 is 2.15 bits per heavy atom. The predicted molar refractivity (Wildman–Crippen MR) is 51.9 cm³/mol. The molecule has 1 aliphatic carbocycles. The fourth-order valence-electron chi connectivity index (χ4n) is 1.97. The SMILES string of the molecule is CCc1nnc(Cl)n1C1(C)CCC1. The maximum absolute atomic E-state index is 6.01. The van der Waals surface area contributed by atoms with Gasteiger partial charge in [0, 0.05) is 12.0 Å². The molecule has 3 nitrogen and oxygen atoms in total. The molecular weight excluding hydrogens is 186 g/mol. The number of aromatic nitrogens is 3. The zero-order valence-electron chi connectivity index (χ0n) is 8.05. The van der Waals surface area contributed by atoms with Gasteiger partial charge in [-0.3, -0.25) is 4.57 Å². The zero-order valence-corrected chi connectivity index (χ0v) is 8.80. The number of hydrogen-bond acceptors (Lipinski definition) is 2. The van der Waals surface area contributed by atoms with Crippen LogP contribution in [0.15, 0.2) is 0 Å². The average Bonchev–Trinajstić information content (AvgIpc) is 2.43. The molecule has 0 aromatic carbocycles. The number of nitrogens with zero attached hydrogens (tertiary/aromatic N) is 3. The summed E-state index contributed by atoms with van der Waals surface area (Å²) in [5.74, 6) is 1.01. The first kappa shape index (κ1) is 9.00. The molecule has 0 saturated heterocycles. The summed E-state index contributed by atoms with van der Waals surface area (Å²) in [5, 5.41) is 8.52. The van der Waals surface area contributed by atoms with Crippen LogP contribution in [0.4, 0.5) is 0 Å². The monoisotopic (exact) mass is 199 g/mol. The fourth-order valence-corrected chi connectivity index (χ4v) is 2.31. The van der Waals surface area contributed by atoms with Gasteiger partial charge in [-0.2, -0.15) is 0 Å². The molecule has 0 bridgehead atoms. The van der Waals surface area contributed by atoms with Gasteiger partial charge in [-0.15, -0.1) is 10.2 Å². The van der Waals surface area contributed by atoms with Gasteiger partial charge in [0.25, 0.3) is 0 Å². The smallest absolute Gasteiger partial charge is 0.225 e. The van der Waals surface area contributed by atoms with E-state index in [-0.39, 0.29) is 5.54 Å². The Morgan fingerprint density at radius 3 is 2.62 bits per heavy atom. The van der Waals surface area contributed by atoms with Gasteiger partial charge >= 0.3 is 0 Å². The van der Waals surface area contributed by atoms with Gasteiger partial charge in [0.1, 0.15) is 5.82 Å². The van der Waals surface area contributed by atoms with Gasteiger partial charge in [0.05, 0.1) is 0 Å². The summed E-state index contributed by atoms with van der Waals surface area (Å²) in [6.45, 7) is 4.31. The Morgan fingerprint density at radius 1 is 1.46 bits per heavy atom. The molecule has 1 saturated carbocycles. The highest BCUT2D eigenvalue weighted by atomic mass is 35.5. The maximum atomic E-state index is 6.01. The molecule has 1 aromatic heterocycles. The average molecular weight is 200 g/mol. The van der Waals surface area contributed by atoms with Crippen LogP contribution in [0.25, 0.3) is 0 Å². The first-order valence-electron chi connectivity index (χ1n) is 4.77. The highest BCUT2D eigenvalue weighted by molar-refractivity contribution is 6.28. The number of aryl methyl sites for hydroxylation is 1. The summed E-state index contributed by atoms with van der Waals surface area (Å²) in [7, 11) is 0. The zero-order chi connectivity index (χ0) is 9.47. The second kappa shape index (κ2) is 2.98. The second-order valence-corrected chi connectivity index (χ2v) is 4.26. The van der Waals surface area contributed by atoms with E-state index in [0.717, 1.165) is 12.2 Å². The van der Waals surface area contributed by atoms with Gasteiger partial charge in [-0.05, 0) is 37.8 Å². The molecule has 0 spiro atoms. The van der Waals surface area contributed by atoms with Crippen molar-refractivity contribution < 1.29 is 0 Å². The van der Waals surface area contributed by atoms with E-state index in [2.05, 4.69) is 28.6 Å². The summed E-state index contributed by atoms with van der Waals surface area (Å²) in [4.78, 5) is 0. The van der Waals surface area contributed by atoms with Gasteiger partial charge in [-0.1, -0.05) is 6.92 Å². The lowest BCUT2D eigenvalue weighted by Gasteiger charge is -2.40. The van der Waals surface area contributed by atoms with Crippen LogP contribution in [0.2, 0.25) is 5.28 Å². The van der Waals surface area contributed by atoms with Crippen LogP contribution in [-0.2, 0) is 12.0 Å². The van der Waals surface area contributed by atoms with Gasteiger partial charge in [-0.25, -0.2) is 0 Å². The van der Waals surface area contributed by atoms with Crippen molar-refractivity contribution in [3.05, 3.63) is 11.1 Å². The molecular formula is C9H14ClN3. The van der Waals surface area contributed by atoms with Crippen molar-refractivity contribution in [3.63, 3.8) is 0 Å². The van der Waals surface area contributed by atoms with Crippen molar-refractivity contribution in [2.24, 2.45) is 0 Å². The summed E-state index contributed by atoms with van der Waals surface area (Å²) < 4.78 is 2.10. The van der Waals surface area contributed by atoms with Crippen molar-refractivity contribution in [1.82, 2.24) is 14.8 Å². The van der Waals surface area contributed by atoms with Crippen molar-refractivity contribution in [1.29, 1.82) is 0 Å². The lowest BCUT2D eigenvalue weighted by atomic mass is 9.78. The van der Waals surface area contributed by atoms with E-state index in [0.29, 0.717) is 5.28 Å². The largest absolute Gasteiger partial charge is 0.296 e. The van der Waals surface area contributed by atoms with E-state index in [1.807, 2.05) is 0 Å². The molecule has 4 heteroatoms. The third-order valence-corrected chi connectivity index (χ3v) is 3.22. The molecule has 0 radical (unpaired) electrons. The minimum Gasteiger partial charge on any atom is -0.296 e. The third kappa shape index (κ3) is 1.26. The van der Waals surface area contributed by atoms with Crippen LogP contribution in [0, 0.1) is 0 Å². The van der Waals surface area contributed by atoms with E-state index in [1.54, 1.807) is 0 Å². The molecule has 0 unspecified atom stereocenters. The molecule has 0 amide bonds. The molecule has 1 heterocycles. The predicted octanol–water partition coefficient (Wildman–Crippen LogP) is 2.39. The van der Waals surface area contributed by atoms with Crippen LogP contribution >= 0.6 is 11.6 Å². The van der Waals surface area contributed by atoms with E-state index in [4.69, 9.17) is 11.6 Å². The first-order chi connectivity index (χ1) is 6.17. The summed E-state index contributed by atoms with van der Waals surface area (Å²) in [6, 6.07) is 0. The van der Waals surface area contributed by atoms with Crippen molar-refractivity contribution in [2.45, 2.75) is 45.1 Å². The van der Waals surface area contributed by atoms with E-state index in [1.165, 1.54) is 19.3 Å². The van der Waals surface area contributed by atoms with Gasteiger partial charge in [0.15, 0.2) is 0 Å². The molecule has 1 aliphatic rings. The van der Waals surface area contributed by atoms with Crippen LogP contribution in [0.3, 0.4) is 0 Å². The number of rotatable bonds is 2. The van der Waals surface area contributed by atoms with E-state index < -0.39 is 0 Å². The topological polar surface area (TPSA) is 30.7 Å². The molecule has 72 valence electrons. The molecule has 1 fully saturated rings. The Kier molecular flexibility index (Phi) is 2.06. The van der Waals surface area contributed by atoms with Crippen molar-refractivity contribution in [2.75, 3.05) is 0 Å². The summed E-state index contributed by atoms with van der Waals surface area (Å²) in [6.07, 6.45) is 4.57. The second-order valence-electron chi connectivity index (χ2n) is 3.92. The van der Waals surface area contributed by atoms with E-state index >= 15 is 0 Å². The Hall–Kier alpha value is -0.570. The Labute approximate surface area is 83.1 Å². The highest BCUT2D eigenvalue weighted by Gasteiger charge is 2.36. The lowest BCUT2D eigenvalue weighted by molar-refractivity contribution is 0.164. The standard InChI is InChI=1S/C9H14ClN3/c1-3-7-11-12-8(10)13(7)9(2)5-4-6-9/h3-6H2,1-2H3. The number of halogens is 1. The molecule has 1 aromatic rings. The normalized spacial score (nSPS) is 19.9. The summed E-state index contributed by atoms with van der Waals surface area (Å²) in [5.41, 5.74) is 0.186. The molecule has 0 aliphatic heterocycles.